The molecule has 28 heavy (non-hydrogen) atoms. The fraction of sp³-hybridized carbons (Fsp3) is 0.609. The standard InChI is InChI=1S/C23H36N4O/c1-3-28-22(20-8-4-5-9-20)14-15-25-23(24-2)26-18-19-10-12-21(13-11-19)27-16-6-7-17-27/h6-7,10-13,20,22H,3-5,8-9,14-18H2,1-2H3,(H2,24,25,26). The summed E-state index contributed by atoms with van der Waals surface area (Å²) in [5, 5.41) is 6.87. The Labute approximate surface area is 170 Å². The molecule has 1 aromatic carbocycles. The van der Waals surface area contributed by atoms with Crippen LogP contribution in [0.1, 0.15) is 44.6 Å². The van der Waals surface area contributed by atoms with Gasteiger partial charge in [0.05, 0.1) is 6.10 Å². The second-order valence-electron chi connectivity index (χ2n) is 7.72. The zero-order valence-electron chi connectivity index (χ0n) is 17.5. The van der Waals surface area contributed by atoms with Crippen molar-refractivity contribution >= 4 is 11.6 Å². The van der Waals surface area contributed by atoms with Crippen molar-refractivity contribution in [2.75, 3.05) is 38.2 Å². The lowest BCUT2D eigenvalue weighted by molar-refractivity contribution is 0.0169. The Hall–Kier alpha value is -2.01. The SMILES string of the molecule is CCOC(CCNC(=NC)NCc1ccc(N2CC=CC2)cc1)C1CCCC1. The minimum atomic E-state index is 0.380. The summed E-state index contributed by atoms with van der Waals surface area (Å²) in [4.78, 5) is 6.72. The molecular weight excluding hydrogens is 348 g/mol. The molecule has 2 aliphatic rings. The second-order valence-corrected chi connectivity index (χ2v) is 7.72. The molecule has 1 aliphatic carbocycles. The number of hydrogen-bond acceptors (Lipinski definition) is 3. The molecule has 0 radical (unpaired) electrons. The molecular formula is C23H36N4O. The predicted octanol–water partition coefficient (Wildman–Crippen LogP) is 3.71. The predicted molar refractivity (Wildman–Crippen MR) is 118 cm³/mol. The first kappa shape index (κ1) is 20.7. The van der Waals surface area contributed by atoms with E-state index in [9.17, 15) is 0 Å². The maximum atomic E-state index is 6.02. The van der Waals surface area contributed by atoms with Crippen molar-refractivity contribution in [2.24, 2.45) is 10.9 Å². The third-order valence-electron chi connectivity index (χ3n) is 5.83. The molecule has 5 heteroatoms. The highest BCUT2D eigenvalue weighted by Crippen LogP contribution is 2.30. The van der Waals surface area contributed by atoms with Gasteiger partial charge in [-0.25, -0.2) is 0 Å². The highest BCUT2D eigenvalue weighted by Gasteiger charge is 2.25. The summed E-state index contributed by atoms with van der Waals surface area (Å²) in [6.45, 7) is 6.59. The molecule has 0 spiro atoms. The third kappa shape index (κ3) is 5.99. The molecule has 1 heterocycles. The van der Waals surface area contributed by atoms with Gasteiger partial charge in [-0.2, -0.15) is 0 Å². The Morgan fingerprint density at radius 2 is 1.86 bits per heavy atom. The van der Waals surface area contributed by atoms with Gasteiger partial charge in [-0.05, 0) is 49.8 Å². The molecule has 5 nitrogen and oxygen atoms in total. The normalized spacial score (nSPS) is 18.6. The van der Waals surface area contributed by atoms with Crippen LogP contribution < -0.4 is 15.5 Å². The molecule has 154 valence electrons. The molecule has 1 fully saturated rings. The first-order valence-electron chi connectivity index (χ1n) is 10.8. The van der Waals surface area contributed by atoms with E-state index in [4.69, 9.17) is 4.74 Å². The second kappa shape index (κ2) is 11.1. The Morgan fingerprint density at radius 1 is 1.14 bits per heavy atom. The van der Waals surface area contributed by atoms with Crippen LogP contribution in [-0.4, -0.2) is 45.4 Å². The number of rotatable bonds is 9. The molecule has 0 aromatic heterocycles. The number of hydrogen-bond donors (Lipinski definition) is 2. The molecule has 0 saturated heterocycles. The van der Waals surface area contributed by atoms with Gasteiger partial charge < -0.3 is 20.3 Å². The van der Waals surface area contributed by atoms with Crippen LogP contribution in [0.4, 0.5) is 5.69 Å². The molecule has 1 saturated carbocycles. The van der Waals surface area contributed by atoms with Crippen LogP contribution in [0.2, 0.25) is 0 Å². The number of benzene rings is 1. The van der Waals surface area contributed by atoms with Crippen molar-refractivity contribution in [1.29, 1.82) is 0 Å². The molecule has 0 amide bonds. The zero-order valence-corrected chi connectivity index (χ0v) is 17.5. The van der Waals surface area contributed by atoms with Gasteiger partial charge >= 0.3 is 0 Å². The highest BCUT2D eigenvalue weighted by atomic mass is 16.5. The number of nitrogens with one attached hydrogen (secondary N) is 2. The number of anilines is 1. The van der Waals surface area contributed by atoms with Crippen molar-refractivity contribution in [3.8, 4) is 0 Å². The quantitative estimate of drug-likeness (QED) is 0.387. The highest BCUT2D eigenvalue weighted by molar-refractivity contribution is 5.79. The van der Waals surface area contributed by atoms with Crippen LogP contribution in [0.15, 0.2) is 41.4 Å². The zero-order chi connectivity index (χ0) is 19.6. The number of guanidine groups is 1. The van der Waals surface area contributed by atoms with Crippen molar-refractivity contribution in [1.82, 2.24) is 10.6 Å². The largest absolute Gasteiger partial charge is 0.378 e. The molecule has 1 aliphatic heterocycles. The maximum Gasteiger partial charge on any atom is 0.191 e. The fourth-order valence-electron chi connectivity index (χ4n) is 4.25. The van der Waals surface area contributed by atoms with E-state index in [1.54, 1.807) is 0 Å². The third-order valence-corrected chi connectivity index (χ3v) is 5.83. The van der Waals surface area contributed by atoms with Crippen LogP contribution >= 0.6 is 0 Å². The van der Waals surface area contributed by atoms with Gasteiger partial charge in [-0.15, -0.1) is 0 Å². The lowest BCUT2D eigenvalue weighted by atomic mass is 9.98. The van der Waals surface area contributed by atoms with Crippen molar-refractivity contribution in [3.63, 3.8) is 0 Å². The fourth-order valence-corrected chi connectivity index (χ4v) is 4.25. The molecule has 1 atom stereocenters. The summed E-state index contributed by atoms with van der Waals surface area (Å²) in [5.41, 5.74) is 2.54. The first-order valence-corrected chi connectivity index (χ1v) is 10.8. The van der Waals surface area contributed by atoms with E-state index in [0.29, 0.717) is 6.10 Å². The lowest BCUT2D eigenvalue weighted by Crippen LogP contribution is -2.39. The van der Waals surface area contributed by atoms with Gasteiger partial charge in [0.2, 0.25) is 0 Å². The monoisotopic (exact) mass is 384 g/mol. The maximum absolute atomic E-state index is 6.02. The van der Waals surface area contributed by atoms with Crippen molar-refractivity contribution in [3.05, 3.63) is 42.0 Å². The van der Waals surface area contributed by atoms with Crippen LogP contribution in [0.25, 0.3) is 0 Å². The smallest absolute Gasteiger partial charge is 0.191 e. The van der Waals surface area contributed by atoms with Gasteiger partial charge in [-0.1, -0.05) is 37.1 Å². The molecule has 0 bridgehead atoms. The van der Waals surface area contributed by atoms with Gasteiger partial charge in [0.15, 0.2) is 5.96 Å². The number of nitrogens with zero attached hydrogens (tertiary/aromatic N) is 2. The Bertz CT molecular complexity index is 627. The summed E-state index contributed by atoms with van der Waals surface area (Å²) in [6.07, 6.45) is 11.2. The molecule has 1 aromatic rings. The summed E-state index contributed by atoms with van der Waals surface area (Å²) in [7, 11) is 1.83. The molecule has 3 rings (SSSR count). The van der Waals surface area contributed by atoms with Gasteiger partial charge in [0.25, 0.3) is 0 Å². The van der Waals surface area contributed by atoms with E-state index in [-0.39, 0.29) is 0 Å². The van der Waals surface area contributed by atoms with Gasteiger partial charge in [0.1, 0.15) is 0 Å². The Morgan fingerprint density at radius 3 is 2.50 bits per heavy atom. The van der Waals surface area contributed by atoms with Crippen LogP contribution in [-0.2, 0) is 11.3 Å². The Kier molecular flexibility index (Phi) is 8.22. The summed E-state index contributed by atoms with van der Waals surface area (Å²) >= 11 is 0. The first-order chi connectivity index (χ1) is 13.8. The van der Waals surface area contributed by atoms with E-state index in [1.165, 1.54) is 36.9 Å². The lowest BCUT2D eigenvalue weighted by Gasteiger charge is -2.24. The Balaban J connectivity index is 1.40. The van der Waals surface area contributed by atoms with Crippen molar-refractivity contribution in [2.45, 2.75) is 51.7 Å². The van der Waals surface area contributed by atoms with Gasteiger partial charge in [-0.3, -0.25) is 4.99 Å². The van der Waals surface area contributed by atoms with Gasteiger partial charge in [0, 0.05) is 45.5 Å². The van der Waals surface area contributed by atoms with Crippen LogP contribution in [0.5, 0.6) is 0 Å². The minimum absolute atomic E-state index is 0.380. The van der Waals surface area contributed by atoms with Crippen LogP contribution in [0.3, 0.4) is 0 Å². The number of aliphatic imine (C=N–C) groups is 1. The van der Waals surface area contributed by atoms with E-state index >= 15 is 0 Å². The van der Waals surface area contributed by atoms with E-state index in [1.807, 2.05) is 7.05 Å². The van der Waals surface area contributed by atoms with E-state index in [2.05, 4.69) is 63.9 Å². The summed E-state index contributed by atoms with van der Waals surface area (Å²) in [5.74, 6) is 1.59. The van der Waals surface area contributed by atoms with Crippen LogP contribution in [0, 0.1) is 5.92 Å². The summed E-state index contributed by atoms with van der Waals surface area (Å²) < 4.78 is 6.02. The molecule has 2 N–H and O–H groups in total. The number of ether oxygens (including phenoxy) is 1. The van der Waals surface area contributed by atoms with Crippen molar-refractivity contribution < 1.29 is 4.74 Å². The minimum Gasteiger partial charge on any atom is -0.378 e. The molecule has 1 unspecified atom stereocenters. The van der Waals surface area contributed by atoms with E-state index < -0.39 is 0 Å². The van der Waals surface area contributed by atoms with E-state index in [0.717, 1.165) is 51.1 Å². The average Bonchev–Trinajstić information content (AvgIpc) is 3.44. The summed E-state index contributed by atoms with van der Waals surface area (Å²) in [6, 6.07) is 8.79. The average molecular weight is 385 g/mol. The topological polar surface area (TPSA) is 48.9 Å².